The predicted molar refractivity (Wildman–Crippen MR) is 46.7 cm³/mol. The van der Waals surface area contributed by atoms with Crippen molar-refractivity contribution in [2.24, 2.45) is 0 Å². The molecule has 0 unspecified atom stereocenters. The summed E-state index contributed by atoms with van der Waals surface area (Å²) in [6.07, 6.45) is 1.71. The van der Waals surface area contributed by atoms with Crippen molar-refractivity contribution >= 4 is 12.2 Å². The highest BCUT2D eigenvalue weighted by molar-refractivity contribution is 7.71. The molecule has 0 saturated carbocycles. The molecule has 3 nitrogen and oxygen atoms in total. The Bertz CT molecular complexity index is 319. The van der Waals surface area contributed by atoms with Crippen LogP contribution in [0, 0.1) is 11.4 Å². The van der Waals surface area contributed by atoms with Gasteiger partial charge in [0.1, 0.15) is 0 Å². The van der Waals surface area contributed by atoms with E-state index >= 15 is 0 Å². The first kappa shape index (κ1) is 8.07. The van der Waals surface area contributed by atoms with E-state index in [0.29, 0.717) is 10.3 Å². The van der Waals surface area contributed by atoms with E-state index in [2.05, 4.69) is 0 Å². The lowest BCUT2D eigenvalue weighted by Crippen LogP contribution is -2.12. The molecule has 0 aliphatic rings. The smallest absolute Gasteiger partial charge is 0.158 e. The van der Waals surface area contributed by atoms with Gasteiger partial charge >= 0.3 is 0 Å². The van der Waals surface area contributed by atoms with Crippen molar-refractivity contribution in [3.63, 3.8) is 0 Å². The fourth-order valence-electron chi connectivity index (χ4n) is 0.879. The van der Waals surface area contributed by atoms with Gasteiger partial charge in [0.25, 0.3) is 0 Å². The molecule has 2 N–H and O–H groups in total. The van der Waals surface area contributed by atoms with Gasteiger partial charge in [-0.15, -0.1) is 0 Å². The molecule has 1 aromatic heterocycles. The van der Waals surface area contributed by atoms with Crippen LogP contribution in [-0.2, 0) is 0 Å². The van der Waals surface area contributed by atoms with Crippen LogP contribution in [0.4, 0.5) is 0 Å². The van der Waals surface area contributed by atoms with E-state index in [4.69, 9.17) is 22.8 Å². The van der Waals surface area contributed by atoms with Gasteiger partial charge in [0.05, 0.1) is 17.3 Å². The predicted octanol–water partition coefficient (Wildman–Crippen LogP) is 1.25. The molecule has 0 fully saturated rings. The van der Waals surface area contributed by atoms with Crippen molar-refractivity contribution in [2.75, 3.05) is 13.0 Å². The maximum absolute atomic E-state index is 5.56. The van der Waals surface area contributed by atoms with Crippen LogP contribution in [-0.4, -0.2) is 11.8 Å². The summed E-state index contributed by atoms with van der Waals surface area (Å²) in [6.45, 7) is 1.86. The lowest BCUT2D eigenvalue weighted by atomic mass is 10.3. The second-order valence-corrected chi connectivity index (χ2v) is 2.65. The summed E-state index contributed by atoms with van der Waals surface area (Å²) in [7, 11) is 1.58. The molecular weight excluding hydrogens is 160 g/mol. The number of hydrogen-bond acceptors (Lipinski definition) is 3. The molecule has 1 rings (SSSR count). The first-order valence-electron chi connectivity index (χ1n) is 3.18. The summed E-state index contributed by atoms with van der Waals surface area (Å²) >= 11 is 5.00. The van der Waals surface area contributed by atoms with E-state index in [0.717, 1.165) is 5.69 Å². The summed E-state index contributed by atoms with van der Waals surface area (Å²) < 4.78 is 7.22. The Morgan fingerprint density at radius 2 is 2.27 bits per heavy atom. The lowest BCUT2D eigenvalue weighted by Gasteiger charge is -2.08. The second kappa shape index (κ2) is 2.92. The van der Waals surface area contributed by atoms with Crippen LogP contribution in [0.25, 0.3) is 0 Å². The van der Waals surface area contributed by atoms with Crippen LogP contribution in [0.3, 0.4) is 0 Å². The Kier molecular flexibility index (Phi) is 2.14. The van der Waals surface area contributed by atoms with Crippen molar-refractivity contribution in [1.29, 1.82) is 0 Å². The van der Waals surface area contributed by atoms with Gasteiger partial charge in [-0.05, 0) is 13.0 Å². The summed E-state index contributed by atoms with van der Waals surface area (Å²) in [5.74, 6) is 6.23. The van der Waals surface area contributed by atoms with Crippen molar-refractivity contribution in [3.8, 4) is 5.75 Å². The monoisotopic (exact) mass is 170 g/mol. The van der Waals surface area contributed by atoms with Crippen molar-refractivity contribution in [3.05, 3.63) is 22.5 Å². The number of nitrogens with zero attached hydrogens (tertiary/aromatic N) is 1. The summed E-state index contributed by atoms with van der Waals surface area (Å²) in [4.78, 5) is 0. The number of rotatable bonds is 1. The Morgan fingerprint density at radius 3 is 2.73 bits per heavy atom. The molecule has 0 saturated heterocycles. The minimum atomic E-state index is 0.671. The van der Waals surface area contributed by atoms with Gasteiger partial charge in [0.2, 0.25) is 0 Å². The van der Waals surface area contributed by atoms with Crippen LogP contribution in [0.1, 0.15) is 5.69 Å². The average molecular weight is 170 g/mol. The molecule has 0 radical (unpaired) electrons. The van der Waals surface area contributed by atoms with Gasteiger partial charge in [-0.1, -0.05) is 12.2 Å². The average Bonchev–Trinajstić information content (AvgIpc) is 1.99. The number of methoxy groups -OCH3 is 1. The van der Waals surface area contributed by atoms with Crippen LogP contribution in [0.5, 0.6) is 5.75 Å². The van der Waals surface area contributed by atoms with Gasteiger partial charge in [-0.25, -0.2) is 0 Å². The molecule has 0 aromatic carbocycles. The van der Waals surface area contributed by atoms with Gasteiger partial charge in [0.15, 0.2) is 5.75 Å². The molecule has 1 aromatic rings. The topological polar surface area (TPSA) is 40.2 Å². The summed E-state index contributed by atoms with van der Waals surface area (Å²) in [6, 6.07) is 1.74. The van der Waals surface area contributed by atoms with E-state index in [-0.39, 0.29) is 0 Å². The van der Waals surface area contributed by atoms with Gasteiger partial charge < -0.3 is 10.6 Å². The first-order valence-corrected chi connectivity index (χ1v) is 3.59. The standard InChI is InChI=1S/C7H10N2OS/c1-5-7(10-2)6(11)3-4-9(5)8/h3-4H,8H2,1-2H3. The zero-order valence-electron chi connectivity index (χ0n) is 6.50. The molecule has 60 valence electrons. The summed E-state index contributed by atoms with van der Waals surface area (Å²) in [5.41, 5.74) is 0.833. The third kappa shape index (κ3) is 1.35. The molecule has 0 aliphatic carbocycles. The van der Waals surface area contributed by atoms with Crippen molar-refractivity contribution in [2.45, 2.75) is 6.92 Å². The van der Waals surface area contributed by atoms with E-state index in [1.165, 1.54) is 4.68 Å². The molecule has 1 heterocycles. The Balaban J connectivity index is 3.41. The first-order chi connectivity index (χ1) is 5.16. The number of nitrogen functional groups attached to an aromatic ring is 1. The highest BCUT2D eigenvalue weighted by Gasteiger charge is 2.01. The zero-order valence-corrected chi connectivity index (χ0v) is 7.31. The van der Waals surface area contributed by atoms with Gasteiger partial charge in [0, 0.05) is 6.20 Å². The van der Waals surface area contributed by atoms with Crippen molar-refractivity contribution < 1.29 is 4.74 Å². The molecule has 0 amide bonds. The fraction of sp³-hybridized carbons (Fsp3) is 0.286. The lowest BCUT2D eigenvalue weighted by molar-refractivity contribution is 0.405. The molecule has 11 heavy (non-hydrogen) atoms. The molecule has 0 bridgehead atoms. The number of ether oxygens (including phenoxy) is 1. The summed E-state index contributed by atoms with van der Waals surface area (Å²) in [5, 5.41) is 0. The SMILES string of the molecule is COc1c(C)n(N)ccc1=S. The third-order valence-electron chi connectivity index (χ3n) is 1.53. The van der Waals surface area contributed by atoms with Gasteiger partial charge in [-0.3, -0.25) is 4.68 Å². The minimum Gasteiger partial charge on any atom is -0.493 e. The Hall–Kier alpha value is -1.03. The van der Waals surface area contributed by atoms with Crippen LogP contribution in [0.15, 0.2) is 12.3 Å². The highest BCUT2D eigenvalue weighted by atomic mass is 32.1. The van der Waals surface area contributed by atoms with Crippen molar-refractivity contribution in [1.82, 2.24) is 4.68 Å². The van der Waals surface area contributed by atoms with E-state index in [1.54, 1.807) is 19.4 Å². The Labute approximate surface area is 70.4 Å². The van der Waals surface area contributed by atoms with Crippen LogP contribution < -0.4 is 10.6 Å². The third-order valence-corrected chi connectivity index (χ3v) is 1.85. The maximum atomic E-state index is 5.56. The number of nitrogens with two attached hydrogens (primary N) is 1. The largest absolute Gasteiger partial charge is 0.493 e. The van der Waals surface area contributed by atoms with Crippen LogP contribution in [0.2, 0.25) is 0 Å². The Morgan fingerprint density at radius 1 is 1.64 bits per heavy atom. The number of hydrogen-bond donors (Lipinski definition) is 1. The minimum absolute atomic E-state index is 0.671. The molecule has 4 heteroatoms. The second-order valence-electron chi connectivity index (χ2n) is 2.21. The van der Waals surface area contributed by atoms with Gasteiger partial charge in [-0.2, -0.15) is 0 Å². The van der Waals surface area contributed by atoms with E-state index in [9.17, 15) is 0 Å². The zero-order chi connectivity index (χ0) is 8.43. The quantitative estimate of drug-likeness (QED) is 0.509. The molecular formula is C7H10N2OS. The van der Waals surface area contributed by atoms with Crippen LogP contribution >= 0.6 is 12.2 Å². The number of aromatic nitrogens is 1. The number of pyridine rings is 1. The van der Waals surface area contributed by atoms with E-state index < -0.39 is 0 Å². The van der Waals surface area contributed by atoms with E-state index in [1.807, 2.05) is 6.92 Å². The molecule has 0 atom stereocenters. The normalized spacial score (nSPS) is 9.64. The fourth-order valence-corrected chi connectivity index (χ4v) is 1.17. The highest BCUT2D eigenvalue weighted by Crippen LogP contribution is 2.16. The molecule has 0 aliphatic heterocycles. The molecule has 0 spiro atoms. The maximum Gasteiger partial charge on any atom is 0.158 e.